The van der Waals surface area contributed by atoms with Gasteiger partial charge < -0.3 is 10.1 Å². The Labute approximate surface area is 100 Å². The standard InChI is InChI=1S/C14H25NO/c1-5-8-15-10-13(4)16-14-7-6-11(2)12(3)9-14/h1,11-15H,6-10H2,2-4H3. The van der Waals surface area contributed by atoms with E-state index in [2.05, 4.69) is 32.0 Å². The first-order valence-electron chi connectivity index (χ1n) is 6.43. The van der Waals surface area contributed by atoms with Crippen molar-refractivity contribution in [2.75, 3.05) is 13.1 Å². The lowest BCUT2D eigenvalue weighted by atomic mass is 9.80. The van der Waals surface area contributed by atoms with E-state index in [0.717, 1.165) is 18.4 Å². The van der Waals surface area contributed by atoms with Gasteiger partial charge in [-0.3, -0.25) is 0 Å². The Kier molecular flexibility index (Phi) is 5.87. The molecule has 1 fully saturated rings. The van der Waals surface area contributed by atoms with Gasteiger partial charge in [-0.05, 0) is 38.0 Å². The fourth-order valence-electron chi connectivity index (χ4n) is 2.35. The highest BCUT2D eigenvalue weighted by atomic mass is 16.5. The predicted octanol–water partition coefficient (Wildman–Crippen LogP) is 2.44. The number of rotatable bonds is 5. The molecule has 2 heteroatoms. The van der Waals surface area contributed by atoms with Gasteiger partial charge in [0.15, 0.2) is 0 Å². The number of terminal acetylenes is 1. The van der Waals surface area contributed by atoms with Gasteiger partial charge in [0.2, 0.25) is 0 Å². The van der Waals surface area contributed by atoms with Crippen molar-refractivity contribution in [1.82, 2.24) is 5.32 Å². The Morgan fingerprint density at radius 2 is 2.12 bits per heavy atom. The maximum absolute atomic E-state index is 6.03. The first kappa shape index (κ1) is 13.5. The van der Waals surface area contributed by atoms with E-state index in [1.807, 2.05) is 0 Å². The highest BCUT2D eigenvalue weighted by Crippen LogP contribution is 2.31. The summed E-state index contributed by atoms with van der Waals surface area (Å²) in [6.45, 7) is 8.28. The normalized spacial score (nSPS) is 32.0. The second kappa shape index (κ2) is 6.93. The van der Waals surface area contributed by atoms with Gasteiger partial charge in [0, 0.05) is 6.54 Å². The summed E-state index contributed by atoms with van der Waals surface area (Å²) in [5, 5.41) is 3.18. The summed E-state index contributed by atoms with van der Waals surface area (Å²) in [7, 11) is 0. The first-order valence-corrected chi connectivity index (χ1v) is 6.43. The van der Waals surface area contributed by atoms with Crippen LogP contribution in [0.25, 0.3) is 0 Å². The van der Waals surface area contributed by atoms with Crippen LogP contribution in [-0.2, 0) is 4.74 Å². The summed E-state index contributed by atoms with van der Waals surface area (Å²) in [4.78, 5) is 0. The average Bonchev–Trinajstić information content (AvgIpc) is 2.24. The lowest BCUT2D eigenvalue weighted by Gasteiger charge is -2.33. The zero-order chi connectivity index (χ0) is 12.0. The van der Waals surface area contributed by atoms with Crippen LogP contribution in [0, 0.1) is 24.2 Å². The summed E-state index contributed by atoms with van der Waals surface area (Å²) in [6, 6.07) is 0. The van der Waals surface area contributed by atoms with Crippen molar-refractivity contribution in [3.8, 4) is 12.3 Å². The molecule has 0 saturated heterocycles. The van der Waals surface area contributed by atoms with E-state index in [1.54, 1.807) is 0 Å². The largest absolute Gasteiger partial charge is 0.374 e. The van der Waals surface area contributed by atoms with Crippen LogP contribution in [0.1, 0.15) is 40.0 Å². The Hall–Kier alpha value is -0.520. The summed E-state index contributed by atoms with van der Waals surface area (Å²) in [5.41, 5.74) is 0. The van der Waals surface area contributed by atoms with Gasteiger partial charge in [-0.2, -0.15) is 0 Å². The molecular formula is C14H25NO. The maximum Gasteiger partial charge on any atom is 0.0675 e. The Morgan fingerprint density at radius 3 is 2.75 bits per heavy atom. The van der Waals surface area contributed by atoms with Gasteiger partial charge in [0.1, 0.15) is 0 Å². The van der Waals surface area contributed by atoms with E-state index < -0.39 is 0 Å². The highest BCUT2D eigenvalue weighted by Gasteiger charge is 2.25. The Balaban J connectivity index is 2.19. The molecule has 1 saturated carbocycles. The molecule has 0 radical (unpaired) electrons. The molecule has 1 N–H and O–H groups in total. The van der Waals surface area contributed by atoms with Gasteiger partial charge in [-0.15, -0.1) is 6.42 Å². The topological polar surface area (TPSA) is 21.3 Å². The van der Waals surface area contributed by atoms with E-state index in [-0.39, 0.29) is 6.10 Å². The molecule has 0 aliphatic heterocycles. The molecule has 92 valence electrons. The van der Waals surface area contributed by atoms with Crippen LogP contribution < -0.4 is 5.32 Å². The summed E-state index contributed by atoms with van der Waals surface area (Å²) < 4.78 is 6.03. The molecule has 0 aromatic rings. The van der Waals surface area contributed by atoms with Crippen molar-refractivity contribution in [3.63, 3.8) is 0 Å². The molecular weight excluding hydrogens is 198 g/mol. The zero-order valence-corrected chi connectivity index (χ0v) is 10.8. The van der Waals surface area contributed by atoms with E-state index in [0.29, 0.717) is 12.6 Å². The molecule has 1 aliphatic rings. The van der Waals surface area contributed by atoms with Crippen molar-refractivity contribution < 1.29 is 4.74 Å². The Morgan fingerprint density at radius 1 is 1.38 bits per heavy atom. The monoisotopic (exact) mass is 223 g/mol. The van der Waals surface area contributed by atoms with Crippen molar-refractivity contribution in [3.05, 3.63) is 0 Å². The van der Waals surface area contributed by atoms with Crippen LogP contribution in [0.15, 0.2) is 0 Å². The summed E-state index contributed by atoms with van der Waals surface area (Å²) in [6.07, 6.45) is 9.62. The second-order valence-electron chi connectivity index (χ2n) is 5.17. The first-order chi connectivity index (χ1) is 7.63. The molecule has 4 unspecified atom stereocenters. The molecule has 4 atom stereocenters. The van der Waals surface area contributed by atoms with Crippen molar-refractivity contribution >= 4 is 0 Å². The Bertz CT molecular complexity index is 233. The lowest BCUT2D eigenvalue weighted by Crippen LogP contribution is -2.34. The summed E-state index contributed by atoms with van der Waals surface area (Å²) in [5.74, 6) is 4.23. The van der Waals surface area contributed by atoms with E-state index >= 15 is 0 Å². The molecule has 0 amide bonds. The third kappa shape index (κ3) is 4.55. The molecule has 0 heterocycles. The van der Waals surface area contributed by atoms with Crippen LogP contribution in [-0.4, -0.2) is 25.3 Å². The third-order valence-corrected chi connectivity index (χ3v) is 3.63. The molecule has 2 nitrogen and oxygen atoms in total. The minimum atomic E-state index is 0.263. The van der Waals surface area contributed by atoms with E-state index in [4.69, 9.17) is 11.2 Å². The fourth-order valence-corrected chi connectivity index (χ4v) is 2.35. The van der Waals surface area contributed by atoms with E-state index in [1.165, 1.54) is 19.3 Å². The van der Waals surface area contributed by atoms with Crippen molar-refractivity contribution in [2.45, 2.75) is 52.2 Å². The molecule has 1 aliphatic carbocycles. The highest BCUT2D eigenvalue weighted by molar-refractivity contribution is 4.86. The molecule has 0 bridgehead atoms. The minimum absolute atomic E-state index is 0.263. The van der Waals surface area contributed by atoms with Crippen LogP contribution in [0.5, 0.6) is 0 Å². The predicted molar refractivity (Wildman–Crippen MR) is 68.2 cm³/mol. The SMILES string of the molecule is C#CCNCC(C)OC1CCC(C)C(C)C1. The van der Waals surface area contributed by atoms with Crippen LogP contribution in [0.2, 0.25) is 0 Å². The number of ether oxygens (including phenoxy) is 1. The van der Waals surface area contributed by atoms with Crippen LogP contribution in [0.4, 0.5) is 0 Å². The van der Waals surface area contributed by atoms with E-state index in [9.17, 15) is 0 Å². The van der Waals surface area contributed by atoms with Gasteiger partial charge in [-0.1, -0.05) is 19.8 Å². The van der Waals surface area contributed by atoms with Crippen LogP contribution in [0.3, 0.4) is 0 Å². The number of nitrogens with one attached hydrogen (secondary N) is 1. The maximum atomic E-state index is 6.03. The van der Waals surface area contributed by atoms with Crippen LogP contribution >= 0.6 is 0 Å². The smallest absolute Gasteiger partial charge is 0.0675 e. The molecule has 0 spiro atoms. The molecule has 16 heavy (non-hydrogen) atoms. The molecule has 0 aromatic heterocycles. The zero-order valence-electron chi connectivity index (χ0n) is 10.8. The van der Waals surface area contributed by atoms with Gasteiger partial charge in [0.05, 0.1) is 18.8 Å². The quantitative estimate of drug-likeness (QED) is 0.571. The number of hydrogen-bond donors (Lipinski definition) is 1. The van der Waals surface area contributed by atoms with Gasteiger partial charge in [-0.25, -0.2) is 0 Å². The second-order valence-corrected chi connectivity index (χ2v) is 5.17. The van der Waals surface area contributed by atoms with Gasteiger partial charge >= 0.3 is 0 Å². The fraction of sp³-hybridized carbons (Fsp3) is 0.857. The molecule has 0 aromatic carbocycles. The average molecular weight is 223 g/mol. The number of hydrogen-bond acceptors (Lipinski definition) is 2. The van der Waals surface area contributed by atoms with Crippen molar-refractivity contribution in [2.24, 2.45) is 11.8 Å². The molecule has 1 rings (SSSR count). The third-order valence-electron chi connectivity index (χ3n) is 3.63. The lowest BCUT2D eigenvalue weighted by molar-refractivity contribution is -0.0380. The van der Waals surface area contributed by atoms with Gasteiger partial charge in [0.25, 0.3) is 0 Å². The van der Waals surface area contributed by atoms with Crippen molar-refractivity contribution in [1.29, 1.82) is 0 Å². The summed E-state index contributed by atoms with van der Waals surface area (Å²) >= 11 is 0. The minimum Gasteiger partial charge on any atom is -0.374 e.